The first-order valence-electron chi connectivity index (χ1n) is 4.55. The van der Waals surface area contributed by atoms with Gasteiger partial charge in [-0.2, -0.15) is 0 Å². The van der Waals surface area contributed by atoms with Crippen LogP contribution >= 0.6 is 0 Å². The Labute approximate surface area is 80.9 Å². The molecule has 0 radical (unpaired) electrons. The van der Waals surface area contributed by atoms with E-state index in [0.29, 0.717) is 0 Å². The fraction of sp³-hybridized carbons (Fsp3) is 0.714. The van der Waals surface area contributed by atoms with Crippen molar-refractivity contribution in [2.75, 3.05) is 13.1 Å². The van der Waals surface area contributed by atoms with Crippen LogP contribution in [0.3, 0.4) is 0 Å². The van der Waals surface area contributed by atoms with Crippen molar-refractivity contribution in [1.82, 2.24) is 30.8 Å². The molecule has 1 aliphatic heterocycles. The first-order valence-corrected chi connectivity index (χ1v) is 4.55. The molecule has 1 fully saturated rings. The molecule has 1 aromatic heterocycles. The molecule has 7 heteroatoms. The van der Waals surface area contributed by atoms with Crippen LogP contribution in [0.1, 0.15) is 6.42 Å². The zero-order valence-corrected chi connectivity index (χ0v) is 7.68. The number of hydrogen-bond acceptors (Lipinski definition) is 5. The molecular weight excluding hydrogens is 184 g/mol. The summed E-state index contributed by atoms with van der Waals surface area (Å²) in [4.78, 5) is 11.4. The highest BCUT2D eigenvalue weighted by Gasteiger charge is 2.16. The van der Waals surface area contributed by atoms with Crippen LogP contribution in [0, 0.1) is 0 Å². The standard InChI is InChI=1S/C7H12N6O/c14-7(4-13-5-9-11-12-13)10-6-1-2-8-3-6/h5-6,8H,1-4H2,(H,10,14)/t6-/m0/s1. The maximum atomic E-state index is 11.4. The molecule has 2 heterocycles. The molecule has 2 N–H and O–H groups in total. The minimum atomic E-state index is -0.0500. The molecule has 0 saturated carbocycles. The summed E-state index contributed by atoms with van der Waals surface area (Å²) in [6, 6.07) is 0.249. The van der Waals surface area contributed by atoms with Crippen LogP contribution in [0.25, 0.3) is 0 Å². The van der Waals surface area contributed by atoms with Gasteiger partial charge in [-0.15, -0.1) is 5.10 Å². The monoisotopic (exact) mass is 196 g/mol. The van der Waals surface area contributed by atoms with Gasteiger partial charge in [0.15, 0.2) is 0 Å². The predicted molar refractivity (Wildman–Crippen MR) is 47.2 cm³/mol. The van der Waals surface area contributed by atoms with E-state index in [1.54, 1.807) is 0 Å². The average Bonchev–Trinajstić information content (AvgIpc) is 2.76. The lowest BCUT2D eigenvalue weighted by molar-refractivity contribution is -0.122. The number of nitrogens with zero attached hydrogens (tertiary/aromatic N) is 4. The van der Waals surface area contributed by atoms with E-state index in [0.717, 1.165) is 19.5 Å². The average molecular weight is 196 g/mol. The highest BCUT2D eigenvalue weighted by atomic mass is 16.2. The van der Waals surface area contributed by atoms with Gasteiger partial charge < -0.3 is 10.6 Å². The number of hydrogen-bond donors (Lipinski definition) is 2. The molecule has 7 nitrogen and oxygen atoms in total. The fourth-order valence-electron chi connectivity index (χ4n) is 1.45. The molecule has 0 aromatic carbocycles. The van der Waals surface area contributed by atoms with Gasteiger partial charge in [0.25, 0.3) is 0 Å². The Kier molecular flexibility index (Phi) is 2.68. The van der Waals surface area contributed by atoms with Gasteiger partial charge in [0.2, 0.25) is 5.91 Å². The van der Waals surface area contributed by atoms with E-state index in [-0.39, 0.29) is 18.5 Å². The summed E-state index contributed by atoms with van der Waals surface area (Å²) >= 11 is 0. The van der Waals surface area contributed by atoms with Crippen LogP contribution in [0.5, 0.6) is 0 Å². The van der Waals surface area contributed by atoms with E-state index in [1.165, 1.54) is 11.0 Å². The minimum Gasteiger partial charge on any atom is -0.350 e. The summed E-state index contributed by atoms with van der Waals surface area (Å²) in [5.74, 6) is -0.0500. The number of carbonyl (C=O) groups is 1. The smallest absolute Gasteiger partial charge is 0.242 e. The van der Waals surface area contributed by atoms with Crippen molar-refractivity contribution in [3.63, 3.8) is 0 Å². The van der Waals surface area contributed by atoms with Crippen LogP contribution in [0.15, 0.2) is 6.33 Å². The lowest BCUT2D eigenvalue weighted by Crippen LogP contribution is -2.38. The van der Waals surface area contributed by atoms with Gasteiger partial charge in [0, 0.05) is 12.6 Å². The molecule has 0 bridgehead atoms. The molecule has 14 heavy (non-hydrogen) atoms. The van der Waals surface area contributed by atoms with Crippen molar-refractivity contribution in [3.05, 3.63) is 6.33 Å². The van der Waals surface area contributed by atoms with Gasteiger partial charge >= 0.3 is 0 Å². The van der Waals surface area contributed by atoms with Gasteiger partial charge in [0.1, 0.15) is 12.9 Å². The van der Waals surface area contributed by atoms with Crippen LogP contribution in [0.4, 0.5) is 0 Å². The second-order valence-electron chi connectivity index (χ2n) is 3.26. The molecule has 0 unspecified atom stereocenters. The maximum Gasteiger partial charge on any atom is 0.242 e. The molecule has 1 amide bonds. The molecule has 1 saturated heterocycles. The molecule has 0 aliphatic carbocycles. The second kappa shape index (κ2) is 4.14. The van der Waals surface area contributed by atoms with Crippen LogP contribution in [0.2, 0.25) is 0 Å². The number of nitrogens with one attached hydrogen (secondary N) is 2. The summed E-state index contributed by atoms with van der Waals surface area (Å²) in [6.07, 6.45) is 2.41. The largest absolute Gasteiger partial charge is 0.350 e. The summed E-state index contributed by atoms with van der Waals surface area (Å²) in [6.45, 7) is 2.00. The van der Waals surface area contributed by atoms with E-state index < -0.39 is 0 Å². The summed E-state index contributed by atoms with van der Waals surface area (Å²) < 4.78 is 1.40. The van der Waals surface area contributed by atoms with E-state index in [4.69, 9.17) is 0 Å². The molecule has 1 aliphatic rings. The van der Waals surface area contributed by atoms with Crippen molar-refractivity contribution in [1.29, 1.82) is 0 Å². The van der Waals surface area contributed by atoms with Crippen LogP contribution < -0.4 is 10.6 Å². The molecule has 1 atom stereocenters. The Morgan fingerprint density at radius 3 is 3.29 bits per heavy atom. The van der Waals surface area contributed by atoms with Crippen LogP contribution in [-0.2, 0) is 11.3 Å². The van der Waals surface area contributed by atoms with Crippen LogP contribution in [-0.4, -0.2) is 45.2 Å². The topological polar surface area (TPSA) is 84.7 Å². The zero-order valence-electron chi connectivity index (χ0n) is 7.68. The summed E-state index contributed by atoms with van der Waals surface area (Å²) in [5, 5.41) is 16.6. The van der Waals surface area contributed by atoms with E-state index >= 15 is 0 Å². The first kappa shape index (κ1) is 9.07. The van der Waals surface area contributed by atoms with Crippen molar-refractivity contribution in [2.24, 2.45) is 0 Å². The number of rotatable bonds is 3. The molecule has 76 valence electrons. The fourth-order valence-corrected chi connectivity index (χ4v) is 1.45. The first-order chi connectivity index (χ1) is 6.84. The van der Waals surface area contributed by atoms with E-state index in [9.17, 15) is 4.79 Å². The van der Waals surface area contributed by atoms with Gasteiger partial charge in [-0.3, -0.25) is 4.79 Å². The molecule has 2 rings (SSSR count). The van der Waals surface area contributed by atoms with E-state index in [1.807, 2.05) is 0 Å². The van der Waals surface area contributed by atoms with Crippen molar-refractivity contribution in [2.45, 2.75) is 19.0 Å². The van der Waals surface area contributed by atoms with Crippen molar-refractivity contribution in [3.8, 4) is 0 Å². The van der Waals surface area contributed by atoms with Crippen molar-refractivity contribution < 1.29 is 4.79 Å². The Balaban J connectivity index is 1.78. The normalized spacial score (nSPS) is 21.0. The quantitative estimate of drug-likeness (QED) is 0.593. The Hall–Kier alpha value is -1.50. The van der Waals surface area contributed by atoms with E-state index in [2.05, 4.69) is 26.2 Å². The maximum absolute atomic E-state index is 11.4. The SMILES string of the molecule is O=C(Cn1cnnn1)N[C@H]1CCNC1. The molecular formula is C7H12N6O. The lowest BCUT2D eigenvalue weighted by Gasteiger charge is -2.10. The second-order valence-corrected chi connectivity index (χ2v) is 3.26. The highest BCUT2D eigenvalue weighted by molar-refractivity contribution is 5.75. The molecule has 0 spiro atoms. The van der Waals surface area contributed by atoms with Gasteiger partial charge in [-0.05, 0) is 23.4 Å². The molecule has 1 aromatic rings. The number of carbonyl (C=O) groups excluding carboxylic acids is 1. The number of aromatic nitrogens is 4. The van der Waals surface area contributed by atoms with Gasteiger partial charge in [-0.1, -0.05) is 0 Å². The minimum absolute atomic E-state index is 0.0500. The summed E-state index contributed by atoms with van der Waals surface area (Å²) in [5.41, 5.74) is 0. The third-order valence-corrected chi connectivity index (χ3v) is 2.12. The Bertz CT molecular complexity index is 291. The number of tetrazole rings is 1. The zero-order chi connectivity index (χ0) is 9.80. The Morgan fingerprint density at radius 1 is 1.71 bits per heavy atom. The predicted octanol–water partition coefficient (Wildman–Crippen LogP) is -1.85. The third-order valence-electron chi connectivity index (χ3n) is 2.12. The number of amides is 1. The summed E-state index contributed by atoms with van der Waals surface area (Å²) in [7, 11) is 0. The van der Waals surface area contributed by atoms with Crippen molar-refractivity contribution >= 4 is 5.91 Å². The lowest BCUT2D eigenvalue weighted by atomic mass is 10.2. The van der Waals surface area contributed by atoms with Gasteiger partial charge in [-0.25, -0.2) is 4.68 Å². The third kappa shape index (κ3) is 2.25. The highest BCUT2D eigenvalue weighted by Crippen LogP contribution is 1.96. The Morgan fingerprint density at radius 2 is 2.64 bits per heavy atom. The van der Waals surface area contributed by atoms with Gasteiger partial charge in [0.05, 0.1) is 0 Å².